The van der Waals surface area contributed by atoms with Crippen LogP contribution in [0.25, 0.3) is 0 Å². The highest BCUT2D eigenvalue weighted by Crippen LogP contribution is 2.25. The fourth-order valence-electron chi connectivity index (χ4n) is 1.64. The van der Waals surface area contributed by atoms with Gasteiger partial charge in [-0.1, -0.05) is 6.07 Å². The second kappa shape index (κ2) is 5.75. The van der Waals surface area contributed by atoms with Crippen molar-refractivity contribution in [2.75, 3.05) is 10.6 Å². The van der Waals surface area contributed by atoms with E-state index in [0.29, 0.717) is 11.8 Å². The van der Waals surface area contributed by atoms with E-state index in [4.69, 9.17) is 0 Å². The molecule has 0 amide bonds. The van der Waals surface area contributed by atoms with Crippen LogP contribution in [0.2, 0.25) is 0 Å². The molecule has 5 nitrogen and oxygen atoms in total. The van der Waals surface area contributed by atoms with Gasteiger partial charge < -0.3 is 10.6 Å². The molecule has 6 heteroatoms. The van der Waals surface area contributed by atoms with Gasteiger partial charge in [-0.2, -0.15) is 10.1 Å². The van der Waals surface area contributed by atoms with Gasteiger partial charge in [-0.3, -0.25) is 0 Å². The van der Waals surface area contributed by atoms with Gasteiger partial charge in [-0.25, -0.2) is 0 Å². The van der Waals surface area contributed by atoms with Gasteiger partial charge in [-0.05, 0) is 61.3 Å². The van der Waals surface area contributed by atoms with Gasteiger partial charge in [0.2, 0.25) is 5.95 Å². The van der Waals surface area contributed by atoms with Crippen LogP contribution in [0.4, 0.5) is 17.5 Å². The molecule has 106 valence electrons. The molecule has 2 rings (SSSR count). The van der Waals surface area contributed by atoms with Crippen LogP contribution in [0.1, 0.15) is 26.3 Å². The second-order valence-corrected chi connectivity index (χ2v) is 6.50. The van der Waals surface area contributed by atoms with E-state index in [2.05, 4.69) is 62.5 Å². The molecular formula is C14H18BrN5. The number of rotatable bonds is 3. The lowest BCUT2D eigenvalue weighted by atomic mass is 10.1. The zero-order chi connectivity index (χ0) is 14.8. The van der Waals surface area contributed by atoms with Crippen molar-refractivity contribution in [3.63, 3.8) is 0 Å². The third-order valence-corrected chi connectivity index (χ3v) is 3.09. The molecule has 0 spiro atoms. The Labute approximate surface area is 127 Å². The molecule has 1 aromatic heterocycles. The molecule has 0 aliphatic heterocycles. The summed E-state index contributed by atoms with van der Waals surface area (Å²) in [5, 5.41) is 14.4. The molecule has 0 saturated carbocycles. The minimum atomic E-state index is -0.0717. The maximum Gasteiger partial charge on any atom is 0.249 e. The average Bonchev–Trinajstić information content (AvgIpc) is 2.31. The molecule has 0 aliphatic rings. The zero-order valence-corrected chi connectivity index (χ0v) is 13.6. The first kappa shape index (κ1) is 14.7. The number of hydrogen-bond donors (Lipinski definition) is 2. The van der Waals surface area contributed by atoms with Crippen LogP contribution in [-0.4, -0.2) is 20.7 Å². The number of aromatic nitrogens is 3. The van der Waals surface area contributed by atoms with Crippen LogP contribution in [-0.2, 0) is 0 Å². The number of hydrogen-bond acceptors (Lipinski definition) is 5. The van der Waals surface area contributed by atoms with Crippen molar-refractivity contribution in [1.29, 1.82) is 0 Å². The lowest BCUT2D eigenvalue weighted by Gasteiger charge is -2.21. The third-order valence-electron chi connectivity index (χ3n) is 2.43. The van der Waals surface area contributed by atoms with Crippen LogP contribution < -0.4 is 10.6 Å². The van der Waals surface area contributed by atoms with E-state index in [1.165, 1.54) is 5.56 Å². The molecule has 0 saturated heterocycles. The van der Waals surface area contributed by atoms with E-state index in [-0.39, 0.29) is 5.54 Å². The maximum atomic E-state index is 4.40. The molecule has 2 aromatic rings. The highest BCUT2D eigenvalue weighted by atomic mass is 79.9. The molecular weight excluding hydrogens is 318 g/mol. The Morgan fingerprint density at radius 2 is 1.95 bits per heavy atom. The lowest BCUT2D eigenvalue weighted by Crippen LogP contribution is -2.27. The highest BCUT2D eigenvalue weighted by Gasteiger charge is 2.11. The molecule has 20 heavy (non-hydrogen) atoms. The normalized spacial score (nSPS) is 11.2. The maximum absolute atomic E-state index is 4.40. The first-order valence-electron chi connectivity index (χ1n) is 6.34. The molecule has 2 N–H and O–H groups in total. The number of anilines is 3. The summed E-state index contributed by atoms with van der Waals surface area (Å²) in [6, 6.07) is 6.04. The molecule has 0 unspecified atom stereocenters. The summed E-state index contributed by atoms with van der Waals surface area (Å²) in [5.74, 6) is 1.15. The summed E-state index contributed by atoms with van der Waals surface area (Å²) in [6.07, 6.45) is 1.61. The SMILES string of the molecule is Cc1ccc(Nc2nncc(NC(C)(C)C)n2)c(Br)c1. The van der Waals surface area contributed by atoms with Crippen molar-refractivity contribution in [2.24, 2.45) is 0 Å². The summed E-state index contributed by atoms with van der Waals surface area (Å²) in [5.41, 5.74) is 2.02. The van der Waals surface area contributed by atoms with Crippen LogP contribution in [0.15, 0.2) is 28.9 Å². The number of benzene rings is 1. The zero-order valence-electron chi connectivity index (χ0n) is 12.0. The van der Waals surface area contributed by atoms with Crippen LogP contribution in [0, 0.1) is 6.92 Å². The Kier molecular flexibility index (Phi) is 4.23. The summed E-state index contributed by atoms with van der Waals surface area (Å²) in [6.45, 7) is 8.25. The summed E-state index contributed by atoms with van der Waals surface area (Å²) < 4.78 is 0.968. The molecule has 0 aliphatic carbocycles. The molecule has 0 fully saturated rings. The van der Waals surface area contributed by atoms with Crippen molar-refractivity contribution in [3.8, 4) is 0 Å². The van der Waals surface area contributed by atoms with Gasteiger partial charge in [-0.15, -0.1) is 5.10 Å². The van der Waals surface area contributed by atoms with Crippen molar-refractivity contribution in [2.45, 2.75) is 33.2 Å². The minimum absolute atomic E-state index is 0.0717. The largest absolute Gasteiger partial charge is 0.364 e. The molecule has 1 aromatic carbocycles. The molecule has 0 bridgehead atoms. The van der Waals surface area contributed by atoms with Gasteiger partial charge in [0, 0.05) is 10.0 Å². The summed E-state index contributed by atoms with van der Waals surface area (Å²) in [4.78, 5) is 4.40. The number of aryl methyl sites for hydroxylation is 1. The topological polar surface area (TPSA) is 62.7 Å². The Balaban J connectivity index is 2.19. The predicted octanol–water partition coefficient (Wildman–Crippen LogP) is 3.90. The van der Waals surface area contributed by atoms with Gasteiger partial charge in [0.25, 0.3) is 0 Å². The van der Waals surface area contributed by atoms with Gasteiger partial charge >= 0.3 is 0 Å². The van der Waals surface area contributed by atoms with E-state index < -0.39 is 0 Å². The van der Waals surface area contributed by atoms with Crippen molar-refractivity contribution in [1.82, 2.24) is 15.2 Å². The fourth-order valence-corrected chi connectivity index (χ4v) is 2.24. The highest BCUT2D eigenvalue weighted by molar-refractivity contribution is 9.10. The van der Waals surface area contributed by atoms with Crippen molar-refractivity contribution in [3.05, 3.63) is 34.4 Å². The second-order valence-electron chi connectivity index (χ2n) is 5.65. The Morgan fingerprint density at radius 3 is 2.60 bits per heavy atom. The monoisotopic (exact) mass is 335 g/mol. The number of nitrogens with zero attached hydrogens (tertiary/aromatic N) is 3. The van der Waals surface area contributed by atoms with Gasteiger partial charge in [0.05, 0.1) is 11.9 Å². The van der Waals surface area contributed by atoms with E-state index in [0.717, 1.165) is 10.2 Å². The Morgan fingerprint density at radius 1 is 1.20 bits per heavy atom. The van der Waals surface area contributed by atoms with Gasteiger partial charge in [0.1, 0.15) is 0 Å². The first-order valence-corrected chi connectivity index (χ1v) is 7.14. The Bertz CT molecular complexity index is 607. The van der Waals surface area contributed by atoms with E-state index in [1.807, 2.05) is 25.1 Å². The number of halogens is 1. The Hall–Kier alpha value is -1.69. The van der Waals surface area contributed by atoms with Crippen LogP contribution in [0.5, 0.6) is 0 Å². The molecule has 0 radical (unpaired) electrons. The van der Waals surface area contributed by atoms with Crippen LogP contribution >= 0.6 is 15.9 Å². The van der Waals surface area contributed by atoms with E-state index in [9.17, 15) is 0 Å². The smallest absolute Gasteiger partial charge is 0.249 e. The van der Waals surface area contributed by atoms with Crippen LogP contribution in [0.3, 0.4) is 0 Å². The lowest BCUT2D eigenvalue weighted by molar-refractivity contribution is 0.629. The molecule has 0 atom stereocenters. The third kappa shape index (κ3) is 4.16. The average molecular weight is 336 g/mol. The van der Waals surface area contributed by atoms with Crippen molar-refractivity contribution >= 4 is 33.4 Å². The fraction of sp³-hybridized carbons (Fsp3) is 0.357. The van der Waals surface area contributed by atoms with Gasteiger partial charge in [0.15, 0.2) is 5.82 Å². The van der Waals surface area contributed by atoms with Crippen molar-refractivity contribution < 1.29 is 0 Å². The first-order chi connectivity index (χ1) is 9.33. The summed E-state index contributed by atoms with van der Waals surface area (Å²) >= 11 is 3.52. The van der Waals surface area contributed by atoms with E-state index >= 15 is 0 Å². The predicted molar refractivity (Wildman–Crippen MR) is 85.4 cm³/mol. The minimum Gasteiger partial charge on any atom is -0.364 e. The van der Waals surface area contributed by atoms with E-state index in [1.54, 1.807) is 6.20 Å². The summed E-state index contributed by atoms with van der Waals surface area (Å²) in [7, 11) is 0. The number of nitrogens with one attached hydrogen (secondary N) is 2. The quantitative estimate of drug-likeness (QED) is 0.890. The molecule has 1 heterocycles. The standard InChI is InChI=1S/C14H18BrN5/c1-9-5-6-11(10(15)7-9)17-13-18-12(8-16-20-13)19-14(2,3)4/h5-8H,1-4H3,(H2,17,18,19,20).